The number of aliphatic imine (C=N–C) groups is 1. The maximum Gasteiger partial charge on any atom is 0.503 e. The molecule has 1 aliphatic carbocycles. The fourth-order valence-electron chi connectivity index (χ4n) is 3.89. The van der Waals surface area contributed by atoms with Crippen LogP contribution in [0, 0.1) is 18.3 Å². The fourth-order valence-corrected chi connectivity index (χ4v) is 5.61. The molecule has 0 saturated heterocycles. The van der Waals surface area contributed by atoms with Gasteiger partial charge < -0.3 is 0 Å². The highest BCUT2D eigenvalue weighted by atomic mass is 32.2. The van der Waals surface area contributed by atoms with E-state index in [0.29, 0.717) is 17.2 Å². The molecule has 9 nitrogen and oxygen atoms in total. The highest BCUT2D eigenvalue weighted by molar-refractivity contribution is 7.96. The molecule has 0 N–H and O–H groups in total. The van der Waals surface area contributed by atoms with Crippen LogP contribution in [0.15, 0.2) is 57.6 Å². The number of nitriles is 1. The van der Waals surface area contributed by atoms with Crippen molar-refractivity contribution in [3.05, 3.63) is 64.6 Å². The first-order valence-corrected chi connectivity index (χ1v) is 14.6. The van der Waals surface area contributed by atoms with Crippen LogP contribution in [0.4, 0.5) is 13.2 Å². The number of alkyl halides is 3. The van der Waals surface area contributed by atoms with E-state index in [1.807, 2.05) is 12.1 Å². The normalized spacial score (nSPS) is 15.5. The average Bonchev–Trinajstić information content (AvgIpc) is 3.62. The number of hydrogen-bond donors (Lipinski definition) is 0. The molecule has 1 fully saturated rings. The molecule has 0 atom stereocenters. The lowest BCUT2D eigenvalue weighted by Gasteiger charge is -2.12. The van der Waals surface area contributed by atoms with Gasteiger partial charge in [-0.2, -0.15) is 23.5 Å². The van der Waals surface area contributed by atoms with Crippen molar-refractivity contribution in [3.8, 4) is 23.0 Å². The molecule has 14 heteroatoms. The summed E-state index contributed by atoms with van der Waals surface area (Å²) in [6.45, 7) is 5.82. The molecule has 0 unspecified atom stereocenters. The van der Waals surface area contributed by atoms with E-state index in [9.17, 15) is 35.3 Å². The van der Waals surface area contributed by atoms with Crippen molar-refractivity contribution in [2.24, 2.45) is 4.99 Å². The number of benzene rings is 1. The Labute approximate surface area is 223 Å². The van der Waals surface area contributed by atoms with Crippen LogP contribution in [-0.4, -0.2) is 49.6 Å². The minimum absolute atomic E-state index is 0.117. The molecule has 3 aromatic rings. The predicted molar refractivity (Wildman–Crippen MR) is 138 cm³/mol. The third-order valence-electron chi connectivity index (χ3n) is 6.43. The molecule has 2 aromatic heterocycles. The van der Waals surface area contributed by atoms with Crippen molar-refractivity contribution in [1.29, 1.82) is 5.26 Å². The minimum Gasteiger partial charge on any atom is -0.252 e. The molecule has 1 aromatic carbocycles. The zero-order valence-electron chi connectivity index (χ0n) is 20.8. The summed E-state index contributed by atoms with van der Waals surface area (Å²) < 4.78 is 89.7. The number of aromatic nitrogens is 3. The number of sulfone groups is 2. The van der Waals surface area contributed by atoms with Gasteiger partial charge in [0, 0.05) is 24.0 Å². The highest BCUT2D eigenvalue weighted by Gasteiger charge is 2.48. The number of halogens is 3. The number of rotatable bonds is 8. The number of pyridine rings is 1. The van der Waals surface area contributed by atoms with Gasteiger partial charge in [-0.3, -0.25) is 4.99 Å². The van der Waals surface area contributed by atoms with Gasteiger partial charge in [0.05, 0.1) is 22.9 Å². The van der Waals surface area contributed by atoms with Gasteiger partial charge in [0.15, 0.2) is 20.7 Å². The molecule has 1 aliphatic rings. The second-order valence-electron chi connectivity index (χ2n) is 8.95. The Kier molecular flexibility index (Phi) is 7.03. The van der Waals surface area contributed by atoms with Crippen LogP contribution >= 0.6 is 0 Å². The Balaban J connectivity index is 1.80. The molecule has 204 valence electrons. The van der Waals surface area contributed by atoms with E-state index in [1.165, 1.54) is 32.3 Å². The molecule has 0 aliphatic heterocycles. The minimum atomic E-state index is -5.79. The fraction of sp³-hybridized carbons (Fsp3) is 0.280. The van der Waals surface area contributed by atoms with Gasteiger partial charge in [0.2, 0.25) is 0 Å². The van der Waals surface area contributed by atoms with Crippen molar-refractivity contribution >= 4 is 32.5 Å². The van der Waals surface area contributed by atoms with Gasteiger partial charge in [-0.25, -0.2) is 26.5 Å². The lowest BCUT2D eigenvalue weighted by atomic mass is 9.95. The van der Waals surface area contributed by atoms with Crippen LogP contribution < -0.4 is 0 Å². The number of nitrogens with zero attached hydrogens (tertiary/aromatic N) is 5. The Morgan fingerprint density at radius 2 is 1.85 bits per heavy atom. The highest BCUT2D eigenvalue weighted by Crippen LogP contribution is 2.47. The lowest BCUT2D eigenvalue weighted by molar-refractivity contribution is -0.0426. The molecule has 2 heterocycles. The van der Waals surface area contributed by atoms with E-state index in [2.05, 4.69) is 27.9 Å². The Morgan fingerprint density at radius 3 is 2.36 bits per heavy atom. The van der Waals surface area contributed by atoms with Crippen LogP contribution in [-0.2, 0) is 25.1 Å². The summed E-state index contributed by atoms with van der Waals surface area (Å²) in [4.78, 5) is 7.13. The van der Waals surface area contributed by atoms with Crippen molar-refractivity contribution in [2.45, 2.75) is 42.5 Å². The van der Waals surface area contributed by atoms with Gasteiger partial charge in [-0.15, -0.1) is 0 Å². The van der Waals surface area contributed by atoms with Crippen molar-refractivity contribution < 1.29 is 30.0 Å². The van der Waals surface area contributed by atoms with Crippen LogP contribution in [0.2, 0.25) is 0 Å². The quantitative estimate of drug-likeness (QED) is 0.359. The standard InChI is InChI=1S/C25H22F3N5O4S2/c1-4-38(34,35)21-11-18(17-5-7-19(8-6-17)24(15-29)9-10-24)13-31-23(21)33-14-16(2)20(32-33)12-22(30-3)39(36,37)25(26,27)28/h5-8,11-14H,3-4,9-10H2,1-2H3/b22-12+. The summed E-state index contributed by atoms with van der Waals surface area (Å²) in [7, 11) is -9.65. The second kappa shape index (κ2) is 9.73. The van der Waals surface area contributed by atoms with Crippen LogP contribution in [0.1, 0.15) is 36.6 Å². The molecule has 1 saturated carbocycles. The molecule has 0 radical (unpaired) electrons. The van der Waals surface area contributed by atoms with Crippen LogP contribution in [0.3, 0.4) is 0 Å². The third-order valence-corrected chi connectivity index (χ3v) is 9.57. The Morgan fingerprint density at radius 1 is 1.21 bits per heavy atom. The SMILES string of the molecule is C=N/C(=C\c1nn(-c2ncc(-c3ccc(C4(C#N)CC4)cc3)cc2S(=O)(=O)CC)cc1C)S(=O)(=O)C(F)(F)F. The third kappa shape index (κ3) is 5.11. The number of hydrogen-bond acceptors (Lipinski definition) is 8. The van der Waals surface area contributed by atoms with E-state index in [-0.39, 0.29) is 27.7 Å². The molecule has 0 bridgehead atoms. The molecule has 0 amide bonds. The Hall–Kier alpha value is -3.83. The van der Waals surface area contributed by atoms with Crippen molar-refractivity contribution in [2.75, 3.05) is 5.75 Å². The van der Waals surface area contributed by atoms with Gasteiger partial charge in [0.1, 0.15) is 4.90 Å². The first-order valence-electron chi connectivity index (χ1n) is 11.5. The summed E-state index contributed by atoms with van der Waals surface area (Å²) in [6, 6.07) is 10.9. The molecule has 39 heavy (non-hydrogen) atoms. The van der Waals surface area contributed by atoms with Crippen LogP contribution in [0.25, 0.3) is 23.0 Å². The van der Waals surface area contributed by atoms with Crippen molar-refractivity contribution in [3.63, 3.8) is 0 Å². The summed E-state index contributed by atoms with van der Waals surface area (Å²) in [5.41, 5.74) is -3.99. The van der Waals surface area contributed by atoms with Gasteiger partial charge in [-0.05, 0) is 49.2 Å². The van der Waals surface area contributed by atoms with Gasteiger partial charge in [0.25, 0.3) is 9.84 Å². The van der Waals surface area contributed by atoms with E-state index in [1.54, 1.807) is 12.1 Å². The predicted octanol–water partition coefficient (Wildman–Crippen LogP) is 4.53. The smallest absolute Gasteiger partial charge is 0.252 e. The topological polar surface area (TPSA) is 135 Å². The van der Waals surface area contributed by atoms with E-state index < -0.39 is 35.6 Å². The summed E-state index contributed by atoms with van der Waals surface area (Å²) in [6.07, 6.45) is 4.91. The zero-order chi connectivity index (χ0) is 28.8. The molecular formula is C25H22F3N5O4S2. The van der Waals surface area contributed by atoms with Crippen LogP contribution in [0.5, 0.6) is 0 Å². The molecule has 0 spiro atoms. The first-order chi connectivity index (χ1) is 18.2. The molecule has 4 rings (SSSR count). The van der Waals surface area contributed by atoms with Gasteiger partial charge >= 0.3 is 5.51 Å². The summed E-state index contributed by atoms with van der Waals surface area (Å²) >= 11 is 0. The Bertz CT molecular complexity index is 1750. The maximum atomic E-state index is 13.0. The summed E-state index contributed by atoms with van der Waals surface area (Å²) in [5.74, 6) is -0.385. The van der Waals surface area contributed by atoms with E-state index >= 15 is 0 Å². The zero-order valence-corrected chi connectivity index (χ0v) is 22.4. The maximum absolute atomic E-state index is 13.0. The van der Waals surface area contributed by atoms with E-state index in [4.69, 9.17) is 0 Å². The van der Waals surface area contributed by atoms with Gasteiger partial charge in [-0.1, -0.05) is 31.2 Å². The average molecular weight is 578 g/mol. The first kappa shape index (κ1) is 28.2. The van der Waals surface area contributed by atoms with E-state index in [0.717, 1.165) is 23.1 Å². The second-order valence-corrected chi connectivity index (χ2v) is 13.1. The van der Waals surface area contributed by atoms with Crippen molar-refractivity contribution in [1.82, 2.24) is 14.8 Å². The largest absolute Gasteiger partial charge is 0.503 e. The molecular weight excluding hydrogens is 555 g/mol. The summed E-state index contributed by atoms with van der Waals surface area (Å²) in [5, 5.41) is 12.2. The monoisotopic (exact) mass is 577 g/mol. The lowest BCUT2D eigenvalue weighted by Crippen LogP contribution is -2.24. The number of aryl methyl sites for hydroxylation is 1.